The summed E-state index contributed by atoms with van der Waals surface area (Å²) in [5.41, 5.74) is 0.550. The molecule has 0 aromatic heterocycles. The number of esters is 1. The Labute approximate surface area is 213 Å². The lowest BCUT2D eigenvalue weighted by molar-refractivity contribution is -0.153. The van der Waals surface area contributed by atoms with Crippen LogP contribution in [0.5, 0.6) is 0 Å². The van der Waals surface area contributed by atoms with Gasteiger partial charge in [0.25, 0.3) is 0 Å². The largest absolute Gasteiger partial charge is 0.462 e. The number of rotatable bonds is 7. The number of likely N-dealkylation sites (tertiary alicyclic amines) is 1. The van der Waals surface area contributed by atoms with E-state index in [0.29, 0.717) is 32.4 Å². The molecule has 9 heteroatoms. The summed E-state index contributed by atoms with van der Waals surface area (Å²) in [5, 5.41) is 2.77. The molecule has 1 N–H and O–H groups in total. The molecule has 1 aromatic rings. The topological polar surface area (TPSA) is 82.2 Å². The molecule has 4 rings (SSSR count). The lowest BCUT2D eigenvalue weighted by atomic mass is 9.75. The van der Waals surface area contributed by atoms with Crippen molar-refractivity contribution in [1.82, 2.24) is 15.1 Å². The Morgan fingerprint density at radius 2 is 1.72 bits per heavy atom. The van der Waals surface area contributed by atoms with Crippen LogP contribution in [0.15, 0.2) is 24.3 Å². The zero-order valence-electron chi connectivity index (χ0n) is 21.7. The predicted octanol–water partition coefficient (Wildman–Crippen LogP) is 2.42. The summed E-state index contributed by atoms with van der Waals surface area (Å²) in [6.07, 6.45) is 2.65. The number of nitrogens with zero attached hydrogens (tertiary/aromatic N) is 3. The van der Waals surface area contributed by atoms with E-state index in [9.17, 15) is 18.8 Å². The molecule has 1 unspecified atom stereocenters. The van der Waals surface area contributed by atoms with Crippen LogP contribution in [-0.4, -0.2) is 85.5 Å². The van der Waals surface area contributed by atoms with Crippen molar-refractivity contribution in [3.8, 4) is 0 Å². The third kappa shape index (κ3) is 5.99. The van der Waals surface area contributed by atoms with Gasteiger partial charge >= 0.3 is 5.97 Å². The van der Waals surface area contributed by atoms with Gasteiger partial charge in [-0.05, 0) is 49.4 Å². The van der Waals surface area contributed by atoms with Crippen molar-refractivity contribution < 1.29 is 23.5 Å². The maximum absolute atomic E-state index is 13.2. The minimum atomic E-state index is -0.539. The van der Waals surface area contributed by atoms with E-state index in [0.717, 1.165) is 44.8 Å². The summed E-state index contributed by atoms with van der Waals surface area (Å²) in [4.78, 5) is 43.9. The third-order valence-electron chi connectivity index (χ3n) is 7.98. The monoisotopic (exact) mass is 502 g/mol. The van der Waals surface area contributed by atoms with E-state index in [1.54, 1.807) is 4.90 Å². The molecule has 0 bridgehead atoms. The SMILES string of the molecule is CC(=O)NC(C(=O)N1CCC2(CC1)C[C@H](CCN1CCN(c3ccc(F)cc3)CC1)OC2=O)C(C)C. The summed E-state index contributed by atoms with van der Waals surface area (Å²) in [7, 11) is 0. The number of nitrogens with one attached hydrogen (secondary N) is 1. The molecule has 36 heavy (non-hydrogen) atoms. The van der Waals surface area contributed by atoms with Gasteiger partial charge in [-0.1, -0.05) is 13.8 Å². The van der Waals surface area contributed by atoms with Crippen molar-refractivity contribution in [3.05, 3.63) is 30.1 Å². The minimum Gasteiger partial charge on any atom is -0.462 e. The Bertz CT molecular complexity index is 938. The second-order valence-corrected chi connectivity index (χ2v) is 10.9. The molecule has 198 valence electrons. The van der Waals surface area contributed by atoms with Gasteiger partial charge in [0.2, 0.25) is 11.8 Å². The normalized spacial score (nSPS) is 23.1. The Morgan fingerprint density at radius 3 is 2.31 bits per heavy atom. The maximum atomic E-state index is 13.2. The van der Waals surface area contributed by atoms with Gasteiger partial charge in [-0.3, -0.25) is 19.3 Å². The number of hydrogen-bond acceptors (Lipinski definition) is 6. The number of carbonyl (C=O) groups is 3. The summed E-state index contributed by atoms with van der Waals surface area (Å²) in [5.74, 6) is -0.630. The average Bonchev–Trinajstić information content (AvgIpc) is 3.16. The van der Waals surface area contributed by atoms with Crippen LogP contribution in [0, 0.1) is 17.2 Å². The van der Waals surface area contributed by atoms with Crippen molar-refractivity contribution in [3.63, 3.8) is 0 Å². The lowest BCUT2D eigenvalue weighted by Gasteiger charge is -2.38. The van der Waals surface area contributed by atoms with E-state index in [4.69, 9.17) is 4.74 Å². The zero-order chi connectivity index (χ0) is 25.9. The summed E-state index contributed by atoms with van der Waals surface area (Å²) < 4.78 is 19.0. The van der Waals surface area contributed by atoms with E-state index in [1.165, 1.54) is 19.1 Å². The van der Waals surface area contributed by atoms with Crippen LogP contribution < -0.4 is 10.2 Å². The predicted molar refractivity (Wildman–Crippen MR) is 135 cm³/mol. The summed E-state index contributed by atoms with van der Waals surface area (Å²) in [6, 6.07) is 6.10. The number of amides is 2. The molecular weight excluding hydrogens is 463 g/mol. The fraction of sp³-hybridized carbons (Fsp3) is 0.667. The molecule has 0 radical (unpaired) electrons. The summed E-state index contributed by atoms with van der Waals surface area (Å²) >= 11 is 0. The molecule has 3 saturated heterocycles. The second kappa shape index (κ2) is 11.2. The highest BCUT2D eigenvalue weighted by Gasteiger charge is 2.51. The van der Waals surface area contributed by atoms with E-state index >= 15 is 0 Å². The maximum Gasteiger partial charge on any atom is 0.312 e. The highest BCUT2D eigenvalue weighted by molar-refractivity contribution is 5.87. The molecular formula is C27H39FN4O4. The van der Waals surface area contributed by atoms with Gasteiger partial charge in [-0.2, -0.15) is 0 Å². The molecule has 2 atom stereocenters. The Balaban J connectivity index is 1.22. The van der Waals surface area contributed by atoms with Crippen LogP contribution in [0.3, 0.4) is 0 Å². The van der Waals surface area contributed by atoms with Crippen molar-refractivity contribution in [2.45, 2.75) is 58.6 Å². The first kappa shape index (κ1) is 26.4. The molecule has 0 aliphatic carbocycles. The number of piperazine rings is 1. The van der Waals surface area contributed by atoms with Gasteiger partial charge in [0.15, 0.2) is 0 Å². The molecule has 3 aliphatic rings. The van der Waals surface area contributed by atoms with Gasteiger partial charge in [0.05, 0.1) is 5.41 Å². The van der Waals surface area contributed by atoms with E-state index in [2.05, 4.69) is 15.1 Å². The molecule has 3 heterocycles. The highest BCUT2D eigenvalue weighted by atomic mass is 19.1. The molecule has 3 fully saturated rings. The smallest absolute Gasteiger partial charge is 0.312 e. The first-order chi connectivity index (χ1) is 17.2. The molecule has 8 nitrogen and oxygen atoms in total. The Kier molecular flexibility index (Phi) is 8.17. The quantitative estimate of drug-likeness (QED) is 0.577. The van der Waals surface area contributed by atoms with Crippen LogP contribution in [-0.2, 0) is 19.1 Å². The average molecular weight is 503 g/mol. The molecule has 3 aliphatic heterocycles. The van der Waals surface area contributed by atoms with Crippen LogP contribution >= 0.6 is 0 Å². The number of hydrogen-bond donors (Lipinski definition) is 1. The highest BCUT2D eigenvalue weighted by Crippen LogP contribution is 2.44. The van der Waals surface area contributed by atoms with E-state index in [1.807, 2.05) is 26.0 Å². The van der Waals surface area contributed by atoms with E-state index < -0.39 is 11.5 Å². The number of piperidine rings is 1. The number of ether oxygens (including phenoxy) is 1. The molecule has 0 saturated carbocycles. The van der Waals surface area contributed by atoms with Crippen molar-refractivity contribution in [2.24, 2.45) is 11.3 Å². The standard InChI is InChI=1S/C27H39FN4O4/c1-19(2)24(29-20(3)33)25(34)32-12-9-27(10-13-32)18-23(36-26(27)35)8-11-30-14-16-31(17-15-30)22-6-4-21(28)5-7-22/h4-7,19,23-24H,8-18H2,1-3H3,(H,29,33)/t23-,24?/m0/s1. The third-order valence-corrected chi connectivity index (χ3v) is 7.98. The number of anilines is 1. The fourth-order valence-electron chi connectivity index (χ4n) is 5.70. The Morgan fingerprint density at radius 1 is 1.08 bits per heavy atom. The first-order valence-corrected chi connectivity index (χ1v) is 13.2. The van der Waals surface area contributed by atoms with Gasteiger partial charge in [0, 0.05) is 64.8 Å². The van der Waals surface area contributed by atoms with Crippen molar-refractivity contribution >= 4 is 23.5 Å². The van der Waals surface area contributed by atoms with Crippen LogP contribution in [0.1, 0.15) is 46.5 Å². The van der Waals surface area contributed by atoms with Gasteiger partial charge in [0.1, 0.15) is 18.0 Å². The van der Waals surface area contributed by atoms with Crippen molar-refractivity contribution in [1.29, 1.82) is 0 Å². The molecule has 2 amide bonds. The van der Waals surface area contributed by atoms with Crippen molar-refractivity contribution in [2.75, 3.05) is 50.7 Å². The fourth-order valence-corrected chi connectivity index (χ4v) is 5.70. The first-order valence-electron chi connectivity index (χ1n) is 13.2. The van der Waals surface area contributed by atoms with Gasteiger partial charge in [-0.25, -0.2) is 4.39 Å². The number of halogens is 1. The Hall–Kier alpha value is -2.68. The number of cyclic esters (lactones) is 1. The second-order valence-electron chi connectivity index (χ2n) is 10.9. The minimum absolute atomic E-state index is 0.00401. The van der Waals surface area contributed by atoms with Crippen LogP contribution in [0.25, 0.3) is 0 Å². The number of carbonyl (C=O) groups excluding carboxylic acids is 3. The zero-order valence-corrected chi connectivity index (χ0v) is 21.7. The van der Waals surface area contributed by atoms with Crippen LogP contribution in [0.2, 0.25) is 0 Å². The molecule has 1 aromatic carbocycles. The number of benzene rings is 1. The van der Waals surface area contributed by atoms with Crippen LogP contribution in [0.4, 0.5) is 10.1 Å². The lowest BCUT2D eigenvalue weighted by Crippen LogP contribution is -2.54. The van der Waals surface area contributed by atoms with Gasteiger partial charge < -0.3 is 19.9 Å². The molecule has 1 spiro atoms. The summed E-state index contributed by atoms with van der Waals surface area (Å²) in [6.45, 7) is 10.8. The van der Waals surface area contributed by atoms with Gasteiger partial charge in [-0.15, -0.1) is 0 Å². The van der Waals surface area contributed by atoms with E-state index in [-0.39, 0.29) is 35.6 Å².